The molecular weight excluding hydrogens is 477 g/mol. The minimum absolute atomic E-state index is 0.0551. The van der Waals surface area contributed by atoms with Crippen LogP contribution in [-0.4, -0.2) is 58.0 Å². The van der Waals surface area contributed by atoms with Gasteiger partial charge in [-0.15, -0.1) is 11.8 Å². The summed E-state index contributed by atoms with van der Waals surface area (Å²) in [5.41, 5.74) is 1.38. The number of hydrogen-bond donors (Lipinski definition) is 1. The maximum absolute atomic E-state index is 15.5. The fourth-order valence-electron chi connectivity index (χ4n) is 5.30. The van der Waals surface area contributed by atoms with Gasteiger partial charge in [0.05, 0.1) is 12.6 Å². The summed E-state index contributed by atoms with van der Waals surface area (Å²) in [7, 11) is 3.62. The molecule has 3 atom stereocenters. The fraction of sp³-hybridized carbons (Fsp3) is 0.500. The highest BCUT2D eigenvalue weighted by atomic mass is 32.2. The number of hydrogen-bond acceptors (Lipinski definition) is 5. The number of halogens is 1. The zero-order valence-corrected chi connectivity index (χ0v) is 21.9. The van der Waals surface area contributed by atoms with Gasteiger partial charge in [-0.2, -0.15) is 0 Å². The zero-order valence-electron chi connectivity index (χ0n) is 21.1. The molecule has 36 heavy (non-hydrogen) atoms. The van der Waals surface area contributed by atoms with Gasteiger partial charge in [-0.1, -0.05) is 0 Å². The lowest BCUT2D eigenvalue weighted by Gasteiger charge is -2.38. The number of fused-ring (bicyclic) bond motifs is 1. The molecule has 1 fully saturated rings. The number of carboxylic acid groups (broad SMARTS) is 1. The number of carbonyl (C=O) groups is 1. The van der Waals surface area contributed by atoms with Crippen molar-refractivity contribution in [2.24, 2.45) is 18.9 Å². The molecule has 8 heteroatoms. The van der Waals surface area contributed by atoms with Gasteiger partial charge >= 0.3 is 5.97 Å². The molecule has 0 saturated carbocycles. The Hall–Kier alpha value is -2.58. The van der Waals surface area contributed by atoms with E-state index in [1.807, 2.05) is 37.0 Å². The Balaban J connectivity index is 1.31. The van der Waals surface area contributed by atoms with Crippen molar-refractivity contribution in [3.63, 3.8) is 0 Å². The van der Waals surface area contributed by atoms with E-state index in [4.69, 9.17) is 4.74 Å². The largest absolute Gasteiger partial charge is 0.497 e. The molecule has 194 valence electrons. The number of ether oxygens (including phenoxy) is 1. The topological polar surface area (TPSA) is 67.6 Å². The number of methoxy groups -OCH3 is 1. The third-order valence-electron chi connectivity index (χ3n) is 7.22. The number of rotatable bonds is 12. The normalized spacial score (nSPS) is 19.4. The maximum atomic E-state index is 15.5. The minimum Gasteiger partial charge on any atom is -0.497 e. The summed E-state index contributed by atoms with van der Waals surface area (Å²) in [5, 5.41) is 10.3. The number of aromatic nitrogens is 2. The van der Waals surface area contributed by atoms with E-state index in [0.29, 0.717) is 24.2 Å². The van der Waals surface area contributed by atoms with E-state index in [2.05, 4.69) is 32.9 Å². The third kappa shape index (κ3) is 7.01. The SMILES string of the molecule is COc1ccc2nccc([C@@H](F)CC[C@@H]3CCN(CCCSc4ccn(C)c4)C[C@@H]3CC(=O)O)c2c1. The molecule has 3 aromatic rings. The zero-order chi connectivity index (χ0) is 25.5. The summed E-state index contributed by atoms with van der Waals surface area (Å²) in [6, 6.07) is 9.39. The van der Waals surface area contributed by atoms with Crippen molar-refractivity contribution in [3.8, 4) is 5.75 Å². The second kappa shape index (κ2) is 12.6. The van der Waals surface area contributed by atoms with Crippen molar-refractivity contribution in [2.45, 2.75) is 43.2 Å². The Morgan fingerprint density at radius 1 is 1.31 bits per heavy atom. The Labute approximate surface area is 216 Å². The van der Waals surface area contributed by atoms with Gasteiger partial charge in [-0.05, 0) is 92.3 Å². The molecule has 1 saturated heterocycles. The lowest BCUT2D eigenvalue weighted by atomic mass is 9.79. The molecule has 1 aliphatic rings. The van der Waals surface area contributed by atoms with Crippen LogP contribution < -0.4 is 4.74 Å². The Bertz CT molecular complexity index is 1150. The van der Waals surface area contributed by atoms with Crippen LogP contribution in [0.25, 0.3) is 10.9 Å². The van der Waals surface area contributed by atoms with Crippen LogP contribution in [0.15, 0.2) is 53.8 Å². The highest BCUT2D eigenvalue weighted by Crippen LogP contribution is 2.36. The predicted molar refractivity (Wildman–Crippen MR) is 142 cm³/mol. The van der Waals surface area contributed by atoms with Crippen molar-refractivity contribution in [1.82, 2.24) is 14.5 Å². The van der Waals surface area contributed by atoms with E-state index in [0.717, 1.165) is 49.1 Å². The molecule has 3 heterocycles. The van der Waals surface area contributed by atoms with Gasteiger partial charge in [0.15, 0.2) is 0 Å². The number of likely N-dealkylation sites (tertiary alicyclic amines) is 1. The number of pyridine rings is 1. The highest BCUT2D eigenvalue weighted by molar-refractivity contribution is 7.99. The third-order valence-corrected chi connectivity index (χ3v) is 8.28. The first-order valence-electron chi connectivity index (χ1n) is 12.7. The number of carboxylic acids is 1. The molecule has 1 aliphatic heterocycles. The Morgan fingerprint density at radius 3 is 2.92 bits per heavy atom. The van der Waals surface area contributed by atoms with Crippen molar-refractivity contribution in [2.75, 3.05) is 32.5 Å². The molecular formula is C28H36FN3O3S. The number of aliphatic carboxylic acids is 1. The number of nitrogens with zero attached hydrogens (tertiary/aromatic N) is 3. The van der Waals surface area contributed by atoms with E-state index in [1.165, 1.54) is 4.90 Å². The van der Waals surface area contributed by atoms with Crippen LogP contribution in [0.5, 0.6) is 5.75 Å². The average molecular weight is 514 g/mol. The second-order valence-electron chi connectivity index (χ2n) is 9.75. The Morgan fingerprint density at radius 2 is 2.17 bits per heavy atom. The highest BCUT2D eigenvalue weighted by Gasteiger charge is 2.31. The van der Waals surface area contributed by atoms with Crippen LogP contribution in [0.1, 0.15) is 43.8 Å². The predicted octanol–water partition coefficient (Wildman–Crippen LogP) is 5.97. The lowest BCUT2D eigenvalue weighted by molar-refractivity contribution is -0.139. The van der Waals surface area contributed by atoms with Gasteiger partial charge in [0.2, 0.25) is 0 Å². The van der Waals surface area contributed by atoms with Gasteiger partial charge < -0.3 is 19.3 Å². The van der Waals surface area contributed by atoms with Gasteiger partial charge in [0.25, 0.3) is 0 Å². The number of aryl methyl sites for hydroxylation is 1. The number of benzene rings is 1. The van der Waals surface area contributed by atoms with Gasteiger partial charge in [0, 0.05) is 48.9 Å². The second-order valence-corrected chi connectivity index (χ2v) is 10.9. The van der Waals surface area contributed by atoms with Crippen molar-refractivity contribution < 1.29 is 19.0 Å². The average Bonchev–Trinajstić information content (AvgIpc) is 3.29. The molecule has 4 rings (SSSR count). The van der Waals surface area contributed by atoms with Crippen LogP contribution in [0.3, 0.4) is 0 Å². The monoisotopic (exact) mass is 513 g/mol. The van der Waals surface area contributed by atoms with Crippen molar-refractivity contribution in [1.29, 1.82) is 0 Å². The molecule has 1 N–H and O–H groups in total. The molecule has 0 unspecified atom stereocenters. The van der Waals surface area contributed by atoms with E-state index < -0.39 is 12.1 Å². The number of piperidine rings is 1. The van der Waals surface area contributed by atoms with E-state index in [-0.39, 0.29) is 18.3 Å². The Kier molecular flexibility index (Phi) is 9.26. The molecule has 6 nitrogen and oxygen atoms in total. The van der Waals surface area contributed by atoms with Crippen molar-refractivity contribution in [3.05, 3.63) is 54.5 Å². The molecule has 0 bridgehead atoms. The van der Waals surface area contributed by atoms with Crippen LogP contribution in [0.4, 0.5) is 4.39 Å². The maximum Gasteiger partial charge on any atom is 0.303 e. The van der Waals surface area contributed by atoms with Crippen LogP contribution in [0, 0.1) is 11.8 Å². The summed E-state index contributed by atoms with van der Waals surface area (Å²) < 4.78 is 22.8. The van der Waals surface area contributed by atoms with Gasteiger partial charge in [0.1, 0.15) is 11.9 Å². The molecule has 0 aliphatic carbocycles. The minimum atomic E-state index is -1.12. The number of thioether (sulfide) groups is 1. The first kappa shape index (κ1) is 26.5. The summed E-state index contributed by atoms with van der Waals surface area (Å²) in [6.07, 6.45) is 7.90. The first-order chi connectivity index (χ1) is 17.4. The summed E-state index contributed by atoms with van der Waals surface area (Å²) in [5.74, 6) is 1.23. The molecule has 0 spiro atoms. The van der Waals surface area contributed by atoms with E-state index in [9.17, 15) is 9.90 Å². The molecule has 0 amide bonds. The molecule has 2 aromatic heterocycles. The summed E-state index contributed by atoms with van der Waals surface area (Å²) in [4.78, 5) is 19.6. The van der Waals surface area contributed by atoms with Crippen LogP contribution >= 0.6 is 11.8 Å². The van der Waals surface area contributed by atoms with E-state index in [1.54, 1.807) is 19.4 Å². The molecule has 0 radical (unpaired) electrons. The van der Waals surface area contributed by atoms with Gasteiger partial charge in [-0.25, -0.2) is 4.39 Å². The van der Waals surface area contributed by atoms with E-state index >= 15 is 4.39 Å². The van der Waals surface area contributed by atoms with Crippen molar-refractivity contribution >= 4 is 28.6 Å². The summed E-state index contributed by atoms with van der Waals surface area (Å²) in [6.45, 7) is 2.70. The fourth-order valence-corrected chi connectivity index (χ4v) is 6.21. The smallest absolute Gasteiger partial charge is 0.303 e. The first-order valence-corrected chi connectivity index (χ1v) is 13.7. The standard InChI is InChI=1S/C28H36FN3O3S/c1-31-13-10-23(19-31)36-15-3-12-32-14-9-20(21(18-32)16-28(33)34)4-6-26(29)24-8-11-30-27-7-5-22(35-2)17-25(24)27/h5,7-8,10-11,13,17,19-21,26H,3-4,6,9,12,14-16,18H2,1-2H3,(H,33,34)/t20-,21+,26+/m1/s1. The lowest BCUT2D eigenvalue weighted by Crippen LogP contribution is -2.42. The quantitative estimate of drug-likeness (QED) is 0.238. The number of alkyl halides is 1. The van der Waals surface area contributed by atoms with Crippen LogP contribution in [-0.2, 0) is 11.8 Å². The van der Waals surface area contributed by atoms with Crippen LogP contribution in [0.2, 0.25) is 0 Å². The van der Waals surface area contributed by atoms with Gasteiger partial charge in [-0.3, -0.25) is 9.78 Å². The molecule has 1 aromatic carbocycles. The summed E-state index contributed by atoms with van der Waals surface area (Å²) >= 11 is 1.86.